The van der Waals surface area contributed by atoms with Gasteiger partial charge in [0, 0.05) is 12.1 Å². The minimum atomic E-state index is -0.212. The summed E-state index contributed by atoms with van der Waals surface area (Å²) < 4.78 is 15.2. The average molecular weight is 262 g/mol. The molecule has 5 heteroatoms. The zero-order chi connectivity index (χ0) is 13.8. The molecule has 0 saturated heterocycles. The van der Waals surface area contributed by atoms with Gasteiger partial charge in [-0.05, 0) is 38.5 Å². The van der Waals surface area contributed by atoms with E-state index in [0.717, 1.165) is 11.4 Å². The van der Waals surface area contributed by atoms with Crippen LogP contribution in [0.3, 0.4) is 0 Å². The standard InChI is InChI=1S/C14H19FN4/c1-10(2)19-9-17-18-14(19)8-16-11(3)12-5-4-6-13(15)7-12/h4-7,9-11,16H,8H2,1-3H3/t11-/m0/s1. The Hall–Kier alpha value is -1.75. The molecule has 0 aliphatic heterocycles. The summed E-state index contributed by atoms with van der Waals surface area (Å²) in [6, 6.07) is 7.02. The maximum absolute atomic E-state index is 13.2. The highest BCUT2D eigenvalue weighted by atomic mass is 19.1. The lowest BCUT2D eigenvalue weighted by Gasteiger charge is -2.15. The highest BCUT2D eigenvalue weighted by molar-refractivity contribution is 5.19. The van der Waals surface area contributed by atoms with E-state index in [2.05, 4.69) is 29.4 Å². The summed E-state index contributed by atoms with van der Waals surface area (Å²) in [4.78, 5) is 0. The first-order chi connectivity index (χ1) is 9.08. The molecule has 1 atom stereocenters. The summed E-state index contributed by atoms with van der Waals surface area (Å²) in [5, 5.41) is 11.4. The molecule has 2 rings (SSSR count). The van der Waals surface area contributed by atoms with Crippen LogP contribution in [-0.4, -0.2) is 14.8 Å². The topological polar surface area (TPSA) is 42.7 Å². The third-order valence-electron chi connectivity index (χ3n) is 3.12. The number of aromatic nitrogens is 3. The summed E-state index contributed by atoms with van der Waals surface area (Å²) in [5.41, 5.74) is 0.926. The quantitative estimate of drug-likeness (QED) is 0.901. The number of rotatable bonds is 5. The number of halogens is 1. The molecule has 0 aliphatic carbocycles. The Morgan fingerprint density at radius 1 is 1.32 bits per heavy atom. The van der Waals surface area contributed by atoms with Crippen molar-refractivity contribution >= 4 is 0 Å². The van der Waals surface area contributed by atoms with Gasteiger partial charge in [-0.25, -0.2) is 4.39 Å². The molecule has 0 spiro atoms. The average Bonchev–Trinajstić information content (AvgIpc) is 2.84. The predicted molar refractivity (Wildman–Crippen MR) is 72.1 cm³/mol. The minimum Gasteiger partial charge on any atom is -0.314 e. The molecule has 1 aromatic heterocycles. The van der Waals surface area contributed by atoms with Crippen molar-refractivity contribution in [2.24, 2.45) is 0 Å². The zero-order valence-electron chi connectivity index (χ0n) is 11.5. The Morgan fingerprint density at radius 2 is 2.11 bits per heavy atom. The number of hydrogen-bond acceptors (Lipinski definition) is 3. The van der Waals surface area contributed by atoms with Gasteiger partial charge in [-0.1, -0.05) is 12.1 Å². The normalized spacial score (nSPS) is 12.9. The van der Waals surface area contributed by atoms with E-state index in [1.807, 2.05) is 17.6 Å². The molecule has 0 amide bonds. The molecule has 0 saturated carbocycles. The first kappa shape index (κ1) is 13.7. The largest absolute Gasteiger partial charge is 0.314 e. The Balaban J connectivity index is 2.00. The second-order valence-corrected chi connectivity index (χ2v) is 4.91. The summed E-state index contributed by atoms with van der Waals surface area (Å²) in [6.07, 6.45) is 1.73. The van der Waals surface area contributed by atoms with E-state index in [-0.39, 0.29) is 11.9 Å². The van der Waals surface area contributed by atoms with Crippen LogP contribution < -0.4 is 5.32 Å². The van der Waals surface area contributed by atoms with Gasteiger partial charge < -0.3 is 9.88 Å². The van der Waals surface area contributed by atoms with Crippen LogP contribution in [0, 0.1) is 5.82 Å². The molecule has 19 heavy (non-hydrogen) atoms. The third-order valence-corrected chi connectivity index (χ3v) is 3.12. The summed E-state index contributed by atoms with van der Waals surface area (Å²) in [7, 11) is 0. The summed E-state index contributed by atoms with van der Waals surface area (Å²) in [5.74, 6) is 0.676. The Morgan fingerprint density at radius 3 is 2.79 bits per heavy atom. The molecular weight excluding hydrogens is 243 g/mol. The number of benzene rings is 1. The zero-order valence-corrected chi connectivity index (χ0v) is 11.5. The van der Waals surface area contributed by atoms with Crippen molar-refractivity contribution in [1.82, 2.24) is 20.1 Å². The SMILES string of the molecule is CC(C)n1cnnc1CN[C@@H](C)c1cccc(F)c1. The van der Waals surface area contributed by atoms with Crippen molar-refractivity contribution in [1.29, 1.82) is 0 Å². The molecule has 0 fully saturated rings. The van der Waals surface area contributed by atoms with Gasteiger partial charge in [0.15, 0.2) is 0 Å². The number of hydrogen-bond donors (Lipinski definition) is 1. The van der Waals surface area contributed by atoms with Crippen LogP contribution in [0.4, 0.5) is 4.39 Å². The lowest BCUT2D eigenvalue weighted by atomic mass is 10.1. The molecule has 102 valence electrons. The van der Waals surface area contributed by atoms with Crippen LogP contribution in [-0.2, 0) is 6.54 Å². The van der Waals surface area contributed by atoms with E-state index in [0.29, 0.717) is 12.6 Å². The smallest absolute Gasteiger partial charge is 0.147 e. The van der Waals surface area contributed by atoms with E-state index in [1.165, 1.54) is 6.07 Å². The molecule has 1 N–H and O–H groups in total. The van der Waals surface area contributed by atoms with Gasteiger partial charge in [-0.15, -0.1) is 10.2 Å². The fraction of sp³-hybridized carbons (Fsp3) is 0.429. The molecule has 0 bridgehead atoms. The van der Waals surface area contributed by atoms with E-state index >= 15 is 0 Å². The van der Waals surface area contributed by atoms with Crippen LogP contribution in [0.15, 0.2) is 30.6 Å². The van der Waals surface area contributed by atoms with E-state index < -0.39 is 0 Å². The van der Waals surface area contributed by atoms with Gasteiger partial charge in [0.25, 0.3) is 0 Å². The van der Waals surface area contributed by atoms with Crippen molar-refractivity contribution in [2.75, 3.05) is 0 Å². The fourth-order valence-electron chi connectivity index (χ4n) is 1.96. The highest BCUT2D eigenvalue weighted by Crippen LogP contribution is 2.14. The summed E-state index contributed by atoms with van der Waals surface area (Å²) >= 11 is 0. The van der Waals surface area contributed by atoms with Crippen LogP contribution in [0.2, 0.25) is 0 Å². The maximum Gasteiger partial charge on any atom is 0.147 e. The second-order valence-electron chi connectivity index (χ2n) is 4.91. The number of nitrogens with one attached hydrogen (secondary N) is 1. The van der Waals surface area contributed by atoms with Crippen LogP contribution in [0.5, 0.6) is 0 Å². The molecule has 0 unspecified atom stereocenters. The molecule has 1 heterocycles. The van der Waals surface area contributed by atoms with E-state index in [9.17, 15) is 4.39 Å². The Labute approximate surface area is 112 Å². The molecule has 2 aromatic rings. The maximum atomic E-state index is 13.2. The van der Waals surface area contributed by atoms with Crippen molar-refractivity contribution in [3.05, 3.63) is 47.8 Å². The molecule has 0 aliphatic rings. The molecule has 0 radical (unpaired) electrons. The van der Waals surface area contributed by atoms with Crippen molar-refractivity contribution in [3.8, 4) is 0 Å². The monoisotopic (exact) mass is 262 g/mol. The minimum absolute atomic E-state index is 0.0630. The molecule has 4 nitrogen and oxygen atoms in total. The lowest BCUT2D eigenvalue weighted by Crippen LogP contribution is -2.21. The van der Waals surface area contributed by atoms with Gasteiger partial charge >= 0.3 is 0 Å². The third kappa shape index (κ3) is 3.38. The Kier molecular flexibility index (Phi) is 4.27. The lowest BCUT2D eigenvalue weighted by molar-refractivity contribution is 0.507. The summed E-state index contributed by atoms with van der Waals surface area (Å²) in [6.45, 7) is 6.78. The fourth-order valence-corrected chi connectivity index (χ4v) is 1.96. The second kappa shape index (κ2) is 5.93. The van der Waals surface area contributed by atoms with Crippen molar-refractivity contribution < 1.29 is 4.39 Å². The molecular formula is C14H19FN4. The van der Waals surface area contributed by atoms with Crippen LogP contribution in [0.1, 0.15) is 44.2 Å². The number of nitrogens with zero attached hydrogens (tertiary/aromatic N) is 3. The van der Waals surface area contributed by atoms with Crippen molar-refractivity contribution in [3.63, 3.8) is 0 Å². The Bertz CT molecular complexity index is 536. The van der Waals surface area contributed by atoms with Crippen LogP contribution in [0.25, 0.3) is 0 Å². The highest BCUT2D eigenvalue weighted by Gasteiger charge is 2.10. The van der Waals surface area contributed by atoms with Gasteiger partial charge in [0.2, 0.25) is 0 Å². The van der Waals surface area contributed by atoms with Gasteiger partial charge in [0.1, 0.15) is 18.0 Å². The van der Waals surface area contributed by atoms with Gasteiger partial charge in [-0.3, -0.25) is 0 Å². The first-order valence-corrected chi connectivity index (χ1v) is 6.45. The van der Waals surface area contributed by atoms with E-state index in [4.69, 9.17) is 0 Å². The first-order valence-electron chi connectivity index (χ1n) is 6.45. The van der Waals surface area contributed by atoms with E-state index in [1.54, 1.807) is 18.5 Å². The van der Waals surface area contributed by atoms with Gasteiger partial charge in [0.05, 0.1) is 6.54 Å². The van der Waals surface area contributed by atoms with Gasteiger partial charge in [-0.2, -0.15) is 0 Å². The van der Waals surface area contributed by atoms with Crippen molar-refractivity contribution in [2.45, 2.75) is 39.4 Å². The van der Waals surface area contributed by atoms with Crippen LogP contribution >= 0.6 is 0 Å². The predicted octanol–water partition coefficient (Wildman–Crippen LogP) is 2.85. The molecule has 1 aromatic carbocycles.